The van der Waals surface area contributed by atoms with E-state index in [0.717, 1.165) is 42.1 Å². The van der Waals surface area contributed by atoms with Crippen molar-refractivity contribution in [1.82, 2.24) is 34.9 Å². The van der Waals surface area contributed by atoms with Crippen LogP contribution in [-0.2, 0) is 4.79 Å². The van der Waals surface area contributed by atoms with E-state index in [2.05, 4.69) is 40.5 Å². The molecule has 1 aromatic carbocycles. The van der Waals surface area contributed by atoms with Crippen molar-refractivity contribution < 1.29 is 4.79 Å². The number of nitrogens with zero attached hydrogens (tertiary/aromatic N) is 7. The first kappa shape index (κ1) is 18.9. The van der Waals surface area contributed by atoms with Crippen LogP contribution in [0.2, 0.25) is 0 Å². The quantitative estimate of drug-likeness (QED) is 0.513. The molecule has 0 aliphatic carbocycles. The summed E-state index contributed by atoms with van der Waals surface area (Å²) in [7, 11) is 0. The molecule has 1 aliphatic rings. The van der Waals surface area contributed by atoms with Gasteiger partial charge >= 0.3 is 0 Å². The number of aromatic nitrogens is 7. The van der Waals surface area contributed by atoms with Gasteiger partial charge in [-0.2, -0.15) is 10.2 Å². The largest absolute Gasteiger partial charge is 0.356 e. The molecule has 1 saturated heterocycles. The number of anilines is 2. The van der Waals surface area contributed by atoms with Crippen molar-refractivity contribution in [2.75, 3.05) is 23.3 Å². The Morgan fingerprint density at radius 1 is 1.10 bits per heavy atom. The third-order valence-corrected chi connectivity index (χ3v) is 5.37. The van der Waals surface area contributed by atoms with E-state index in [1.165, 1.54) is 12.7 Å². The summed E-state index contributed by atoms with van der Waals surface area (Å²) >= 11 is 0. The maximum atomic E-state index is 12.9. The van der Waals surface area contributed by atoms with Crippen LogP contribution in [0.1, 0.15) is 12.8 Å². The van der Waals surface area contributed by atoms with Gasteiger partial charge in [0.1, 0.15) is 24.8 Å². The van der Waals surface area contributed by atoms with E-state index in [1.54, 1.807) is 17.2 Å². The fourth-order valence-electron chi connectivity index (χ4n) is 3.76. The normalized spacial score (nSPS) is 16.3. The zero-order valence-corrected chi connectivity index (χ0v) is 16.7. The molecule has 156 valence electrons. The van der Waals surface area contributed by atoms with Crippen molar-refractivity contribution in [3.8, 4) is 17.1 Å². The Morgan fingerprint density at radius 2 is 1.97 bits per heavy atom. The minimum atomic E-state index is -0.120. The van der Waals surface area contributed by atoms with Crippen LogP contribution in [0.25, 0.3) is 17.1 Å². The highest BCUT2D eigenvalue weighted by Gasteiger charge is 2.27. The summed E-state index contributed by atoms with van der Waals surface area (Å²) in [5.74, 6) is 1.32. The van der Waals surface area contributed by atoms with Gasteiger partial charge in [0.25, 0.3) is 0 Å². The molecule has 31 heavy (non-hydrogen) atoms. The number of H-pyrrole nitrogens is 1. The lowest BCUT2D eigenvalue weighted by atomic mass is 9.97. The average Bonchev–Trinajstić information content (AvgIpc) is 3.54. The Hall–Kier alpha value is -4.08. The molecule has 0 bridgehead atoms. The number of amides is 1. The predicted molar refractivity (Wildman–Crippen MR) is 115 cm³/mol. The van der Waals surface area contributed by atoms with E-state index in [4.69, 9.17) is 0 Å². The smallest absolute Gasteiger partial charge is 0.229 e. The molecule has 1 fully saturated rings. The first-order chi connectivity index (χ1) is 15.3. The Morgan fingerprint density at radius 3 is 2.74 bits per heavy atom. The maximum Gasteiger partial charge on any atom is 0.229 e. The zero-order valence-electron chi connectivity index (χ0n) is 16.7. The molecule has 1 atom stereocenters. The third kappa shape index (κ3) is 4.13. The summed E-state index contributed by atoms with van der Waals surface area (Å²) in [6.07, 6.45) is 8.04. The Labute approximate surface area is 178 Å². The Kier molecular flexibility index (Phi) is 5.09. The molecule has 1 aliphatic heterocycles. The lowest BCUT2D eigenvalue weighted by Gasteiger charge is -2.32. The number of nitrogens with one attached hydrogen (secondary N) is 2. The van der Waals surface area contributed by atoms with Gasteiger partial charge in [0.05, 0.1) is 11.6 Å². The predicted octanol–water partition coefficient (Wildman–Crippen LogP) is 2.30. The fraction of sp³-hybridized carbons (Fsp3) is 0.238. The van der Waals surface area contributed by atoms with Crippen molar-refractivity contribution in [1.29, 1.82) is 0 Å². The highest BCUT2D eigenvalue weighted by atomic mass is 16.1. The minimum absolute atomic E-state index is 0.0181. The van der Waals surface area contributed by atoms with Crippen LogP contribution in [0.5, 0.6) is 0 Å². The number of aromatic amines is 1. The number of rotatable bonds is 5. The van der Waals surface area contributed by atoms with Crippen LogP contribution < -0.4 is 10.2 Å². The highest BCUT2D eigenvalue weighted by Crippen LogP contribution is 2.24. The lowest BCUT2D eigenvalue weighted by Crippen LogP contribution is -2.41. The summed E-state index contributed by atoms with van der Waals surface area (Å²) in [4.78, 5) is 27.6. The van der Waals surface area contributed by atoms with Gasteiger partial charge in [-0.3, -0.25) is 9.89 Å². The van der Waals surface area contributed by atoms with Crippen molar-refractivity contribution in [3.63, 3.8) is 0 Å². The molecular formula is C21H21N9O. The Bertz CT molecular complexity index is 1140. The fourth-order valence-corrected chi connectivity index (χ4v) is 3.76. The van der Waals surface area contributed by atoms with E-state index >= 15 is 0 Å². The first-order valence-corrected chi connectivity index (χ1v) is 10.1. The summed E-state index contributed by atoms with van der Waals surface area (Å²) in [5.41, 5.74) is 2.74. The molecule has 10 heteroatoms. The van der Waals surface area contributed by atoms with E-state index in [0.29, 0.717) is 12.4 Å². The van der Waals surface area contributed by atoms with Gasteiger partial charge in [0, 0.05) is 31.0 Å². The van der Waals surface area contributed by atoms with Crippen LogP contribution >= 0.6 is 0 Å². The second-order valence-electron chi connectivity index (χ2n) is 7.40. The highest BCUT2D eigenvalue weighted by molar-refractivity contribution is 5.93. The van der Waals surface area contributed by atoms with Crippen LogP contribution in [0.15, 0.2) is 61.6 Å². The number of carbonyl (C=O) groups excluding carboxylic acids is 1. The maximum absolute atomic E-state index is 12.9. The number of benzene rings is 1. The third-order valence-electron chi connectivity index (χ3n) is 5.37. The van der Waals surface area contributed by atoms with Crippen molar-refractivity contribution >= 4 is 17.4 Å². The van der Waals surface area contributed by atoms with Crippen LogP contribution in [0.3, 0.4) is 0 Å². The standard InChI is InChI=1S/C21H21N9O/c31-21(27-17-5-3-15(4-6-17)18-7-8-25-28-18)16-2-1-9-29(11-16)19-10-20(24-13-23-19)30-14-22-12-26-30/h3-8,10,12-14,16H,1-2,9,11H2,(H,25,28)(H,27,31). The van der Waals surface area contributed by atoms with E-state index in [-0.39, 0.29) is 11.8 Å². The Balaban J connectivity index is 1.25. The van der Waals surface area contributed by atoms with Gasteiger partial charge in [0.15, 0.2) is 5.82 Å². The molecule has 4 heterocycles. The van der Waals surface area contributed by atoms with Gasteiger partial charge in [-0.05, 0) is 36.6 Å². The molecule has 1 amide bonds. The molecule has 0 radical (unpaired) electrons. The second kappa shape index (κ2) is 8.34. The summed E-state index contributed by atoms with van der Waals surface area (Å²) in [6, 6.07) is 11.5. The van der Waals surface area contributed by atoms with Gasteiger partial charge in [0.2, 0.25) is 5.91 Å². The van der Waals surface area contributed by atoms with Crippen molar-refractivity contribution in [3.05, 3.63) is 61.6 Å². The average molecular weight is 415 g/mol. The lowest BCUT2D eigenvalue weighted by molar-refractivity contribution is -0.120. The molecular weight excluding hydrogens is 394 g/mol. The number of hydrogen-bond donors (Lipinski definition) is 2. The number of piperidine rings is 1. The van der Waals surface area contributed by atoms with Crippen LogP contribution in [0.4, 0.5) is 11.5 Å². The molecule has 5 rings (SSSR count). The van der Waals surface area contributed by atoms with Crippen LogP contribution in [0, 0.1) is 5.92 Å². The minimum Gasteiger partial charge on any atom is -0.356 e. The van der Waals surface area contributed by atoms with Crippen molar-refractivity contribution in [2.45, 2.75) is 12.8 Å². The van der Waals surface area contributed by atoms with Gasteiger partial charge < -0.3 is 10.2 Å². The molecule has 2 N–H and O–H groups in total. The molecule has 0 saturated carbocycles. The number of carbonyl (C=O) groups is 1. The van der Waals surface area contributed by atoms with Gasteiger partial charge in [-0.1, -0.05) is 12.1 Å². The van der Waals surface area contributed by atoms with E-state index in [1.807, 2.05) is 36.4 Å². The summed E-state index contributed by atoms with van der Waals surface area (Å²) in [6.45, 7) is 1.45. The van der Waals surface area contributed by atoms with E-state index < -0.39 is 0 Å². The van der Waals surface area contributed by atoms with Gasteiger partial charge in [-0.15, -0.1) is 0 Å². The monoisotopic (exact) mass is 415 g/mol. The second-order valence-corrected chi connectivity index (χ2v) is 7.40. The molecule has 4 aromatic rings. The van der Waals surface area contributed by atoms with Gasteiger partial charge in [-0.25, -0.2) is 19.6 Å². The zero-order chi connectivity index (χ0) is 21.0. The molecule has 0 spiro atoms. The topological polar surface area (TPSA) is 118 Å². The van der Waals surface area contributed by atoms with Crippen LogP contribution in [-0.4, -0.2) is 53.9 Å². The first-order valence-electron chi connectivity index (χ1n) is 10.1. The number of hydrogen-bond acceptors (Lipinski definition) is 7. The molecule has 1 unspecified atom stereocenters. The SMILES string of the molecule is O=C(Nc1ccc(-c2ccn[nH]2)cc1)C1CCCN(c2cc(-n3cncn3)ncn2)C1. The molecule has 3 aromatic heterocycles. The summed E-state index contributed by atoms with van der Waals surface area (Å²) in [5, 5.41) is 14.1. The van der Waals surface area contributed by atoms with Crippen molar-refractivity contribution in [2.24, 2.45) is 5.92 Å². The van der Waals surface area contributed by atoms with E-state index in [9.17, 15) is 4.79 Å². The summed E-state index contributed by atoms with van der Waals surface area (Å²) < 4.78 is 1.59. The molecule has 10 nitrogen and oxygen atoms in total.